The molecule has 6 heteroatoms. The van der Waals surface area contributed by atoms with Crippen LogP contribution in [0.15, 0.2) is 36.4 Å². The van der Waals surface area contributed by atoms with E-state index in [2.05, 4.69) is 5.32 Å². The summed E-state index contributed by atoms with van der Waals surface area (Å²) in [7, 11) is 0. The van der Waals surface area contributed by atoms with E-state index in [-0.39, 0.29) is 0 Å². The van der Waals surface area contributed by atoms with Crippen molar-refractivity contribution < 1.29 is 4.74 Å². The van der Waals surface area contributed by atoms with Crippen molar-refractivity contribution in [1.29, 1.82) is 0 Å². The molecule has 1 N–H and O–H groups in total. The summed E-state index contributed by atoms with van der Waals surface area (Å²) < 4.78 is 5.62. The molecule has 2 aromatic rings. The van der Waals surface area contributed by atoms with Crippen molar-refractivity contribution in [3.63, 3.8) is 0 Å². The quantitative estimate of drug-likeness (QED) is 0.550. The van der Waals surface area contributed by atoms with Crippen molar-refractivity contribution in [2.75, 3.05) is 18.5 Å². The van der Waals surface area contributed by atoms with Gasteiger partial charge in [-0.15, -0.1) is 0 Å². The molecule has 0 saturated carbocycles. The predicted molar refractivity (Wildman–Crippen MR) is 96.1 cm³/mol. The van der Waals surface area contributed by atoms with Crippen LogP contribution in [0.1, 0.15) is 12.8 Å². The molecule has 0 spiro atoms. The summed E-state index contributed by atoms with van der Waals surface area (Å²) in [4.78, 5) is 0. The molecule has 0 atom stereocenters. The molecule has 0 radical (unpaired) electrons. The summed E-state index contributed by atoms with van der Waals surface area (Å²) in [6.45, 7) is 1.38. The Labute approximate surface area is 150 Å². The molecule has 22 heavy (non-hydrogen) atoms. The second kappa shape index (κ2) is 8.73. The zero-order valence-corrected chi connectivity index (χ0v) is 14.7. The van der Waals surface area contributed by atoms with Crippen LogP contribution in [0.3, 0.4) is 0 Å². The maximum absolute atomic E-state index is 6.08. The molecule has 2 rings (SSSR count). The zero-order valence-electron chi connectivity index (χ0n) is 11.7. The smallest absolute Gasteiger partial charge is 0.137 e. The highest BCUT2D eigenvalue weighted by Crippen LogP contribution is 2.28. The SMILES string of the molecule is Clc1ccc(OCCCCNc2cc(Cl)ccc2Cl)c(Cl)c1. The predicted octanol–water partition coefficient (Wildman–Crippen LogP) is 6.57. The number of halogens is 4. The minimum atomic E-state index is 0.524. The highest BCUT2D eigenvalue weighted by Gasteiger charge is 2.03. The van der Waals surface area contributed by atoms with E-state index >= 15 is 0 Å². The van der Waals surface area contributed by atoms with Gasteiger partial charge in [0.05, 0.1) is 22.3 Å². The van der Waals surface area contributed by atoms with Crippen LogP contribution in [0.4, 0.5) is 5.69 Å². The Morgan fingerprint density at radius 3 is 2.32 bits per heavy atom. The van der Waals surface area contributed by atoms with Crippen molar-refractivity contribution in [2.24, 2.45) is 0 Å². The molecule has 2 nitrogen and oxygen atoms in total. The van der Waals surface area contributed by atoms with Gasteiger partial charge in [0.15, 0.2) is 0 Å². The maximum Gasteiger partial charge on any atom is 0.137 e. The van der Waals surface area contributed by atoms with Gasteiger partial charge >= 0.3 is 0 Å². The molecule has 0 bridgehead atoms. The third-order valence-corrected chi connectivity index (χ3v) is 4.06. The first-order valence-corrected chi connectivity index (χ1v) is 8.34. The lowest BCUT2D eigenvalue weighted by Gasteiger charge is -2.10. The van der Waals surface area contributed by atoms with Crippen molar-refractivity contribution in [2.45, 2.75) is 12.8 Å². The van der Waals surface area contributed by atoms with Gasteiger partial charge in [-0.05, 0) is 49.2 Å². The number of nitrogens with one attached hydrogen (secondary N) is 1. The first kappa shape index (κ1) is 17.6. The Morgan fingerprint density at radius 2 is 1.55 bits per heavy atom. The fraction of sp³-hybridized carbons (Fsp3) is 0.250. The van der Waals surface area contributed by atoms with E-state index in [4.69, 9.17) is 51.1 Å². The molecule has 0 saturated heterocycles. The van der Waals surface area contributed by atoms with Crippen LogP contribution in [-0.4, -0.2) is 13.2 Å². The van der Waals surface area contributed by atoms with Crippen LogP contribution >= 0.6 is 46.4 Å². The first-order valence-electron chi connectivity index (χ1n) is 6.83. The number of rotatable bonds is 7. The van der Waals surface area contributed by atoms with Crippen LogP contribution in [0.5, 0.6) is 5.75 Å². The van der Waals surface area contributed by atoms with E-state index in [1.807, 2.05) is 6.07 Å². The van der Waals surface area contributed by atoms with Gasteiger partial charge in [-0.2, -0.15) is 0 Å². The summed E-state index contributed by atoms with van der Waals surface area (Å²) >= 11 is 23.9. The lowest BCUT2D eigenvalue weighted by Crippen LogP contribution is -2.05. The van der Waals surface area contributed by atoms with E-state index in [9.17, 15) is 0 Å². The van der Waals surface area contributed by atoms with Crippen LogP contribution in [0, 0.1) is 0 Å². The second-order valence-electron chi connectivity index (χ2n) is 4.68. The Hall–Kier alpha value is -0.800. The van der Waals surface area contributed by atoms with Crippen LogP contribution in [0.2, 0.25) is 20.1 Å². The van der Waals surface area contributed by atoms with E-state index in [0.717, 1.165) is 25.1 Å². The summed E-state index contributed by atoms with van der Waals surface area (Å²) in [5.74, 6) is 0.650. The molecule has 0 aliphatic rings. The van der Waals surface area contributed by atoms with Gasteiger partial charge in [0.25, 0.3) is 0 Å². The molecule has 2 aromatic carbocycles. The van der Waals surface area contributed by atoms with E-state index in [0.29, 0.717) is 32.4 Å². The number of unbranched alkanes of at least 4 members (excludes halogenated alkanes) is 1. The number of hydrogen-bond acceptors (Lipinski definition) is 2. The van der Waals surface area contributed by atoms with Gasteiger partial charge in [0, 0.05) is 16.6 Å². The standard InChI is InChI=1S/C16H15Cl4NO/c17-11-4-6-16(14(20)9-11)22-8-2-1-7-21-15-10-12(18)3-5-13(15)19/h3-6,9-10,21H,1-2,7-8H2. The number of ether oxygens (including phenoxy) is 1. The first-order chi connectivity index (χ1) is 10.6. The Kier molecular flexibility index (Phi) is 6.97. The molecule has 118 valence electrons. The molecule has 0 fully saturated rings. The van der Waals surface area contributed by atoms with Gasteiger partial charge in [-0.25, -0.2) is 0 Å². The highest BCUT2D eigenvalue weighted by molar-refractivity contribution is 6.35. The van der Waals surface area contributed by atoms with Gasteiger partial charge in [-0.1, -0.05) is 46.4 Å². The highest BCUT2D eigenvalue weighted by atomic mass is 35.5. The Morgan fingerprint density at radius 1 is 0.818 bits per heavy atom. The summed E-state index contributed by atoms with van der Waals surface area (Å²) in [6.07, 6.45) is 1.83. The van der Waals surface area contributed by atoms with Gasteiger partial charge < -0.3 is 10.1 Å². The lowest BCUT2D eigenvalue weighted by atomic mass is 10.3. The van der Waals surface area contributed by atoms with Gasteiger partial charge in [0.2, 0.25) is 0 Å². The second-order valence-corrected chi connectivity index (χ2v) is 6.37. The lowest BCUT2D eigenvalue weighted by molar-refractivity contribution is 0.308. The van der Waals surface area contributed by atoms with Crippen molar-refractivity contribution >= 4 is 52.1 Å². The molecular weight excluding hydrogens is 364 g/mol. The third-order valence-electron chi connectivity index (χ3n) is 2.97. The normalized spacial score (nSPS) is 10.5. The minimum absolute atomic E-state index is 0.524. The number of hydrogen-bond donors (Lipinski definition) is 1. The molecule has 0 amide bonds. The van der Waals surface area contributed by atoms with E-state index in [1.165, 1.54) is 0 Å². The number of anilines is 1. The third kappa shape index (κ3) is 5.44. The molecule has 0 aromatic heterocycles. The average Bonchev–Trinajstić information content (AvgIpc) is 2.48. The van der Waals surface area contributed by atoms with E-state index in [1.54, 1.807) is 30.3 Å². The molecule has 0 aliphatic heterocycles. The molecule has 0 unspecified atom stereocenters. The topological polar surface area (TPSA) is 21.3 Å². The van der Waals surface area contributed by atoms with E-state index < -0.39 is 0 Å². The van der Waals surface area contributed by atoms with Crippen molar-refractivity contribution in [3.05, 3.63) is 56.5 Å². The monoisotopic (exact) mass is 377 g/mol. The fourth-order valence-electron chi connectivity index (χ4n) is 1.86. The van der Waals surface area contributed by atoms with Gasteiger partial charge in [-0.3, -0.25) is 0 Å². The molecule has 0 heterocycles. The van der Waals surface area contributed by atoms with Crippen molar-refractivity contribution in [1.82, 2.24) is 0 Å². The maximum atomic E-state index is 6.08. The van der Waals surface area contributed by atoms with Crippen LogP contribution in [0.25, 0.3) is 0 Å². The number of benzene rings is 2. The zero-order chi connectivity index (χ0) is 15.9. The van der Waals surface area contributed by atoms with Crippen LogP contribution < -0.4 is 10.1 Å². The Bertz CT molecular complexity index is 634. The fourth-order valence-corrected chi connectivity index (χ4v) is 2.68. The largest absolute Gasteiger partial charge is 0.492 e. The van der Waals surface area contributed by atoms with Crippen molar-refractivity contribution in [3.8, 4) is 5.75 Å². The van der Waals surface area contributed by atoms with Gasteiger partial charge in [0.1, 0.15) is 5.75 Å². The Balaban J connectivity index is 1.68. The average molecular weight is 379 g/mol. The molecular formula is C16H15Cl4NO. The minimum Gasteiger partial charge on any atom is -0.492 e. The molecule has 0 aliphatic carbocycles. The summed E-state index contributed by atoms with van der Waals surface area (Å²) in [5, 5.41) is 5.70. The summed E-state index contributed by atoms with van der Waals surface area (Å²) in [5.41, 5.74) is 0.843. The summed E-state index contributed by atoms with van der Waals surface area (Å²) in [6, 6.07) is 10.5. The van der Waals surface area contributed by atoms with Crippen LogP contribution in [-0.2, 0) is 0 Å².